The van der Waals surface area contributed by atoms with Crippen molar-refractivity contribution < 1.29 is 23.0 Å². The van der Waals surface area contributed by atoms with E-state index in [1.54, 1.807) is 24.3 Å². The Morgan fingerprint density at radius 2 is 1.35 bits per heavy atom. The van der Waals surface area contributed by atoms with E-state index in [2.05, 4.69) is 0 Å². The maximum atomic E-state index is 12.7. The Morgan fingerprint density at radius 1 is 0.850 bits per heavy atom. The molecule has 1 atom stereocenters. The Bertz CT molecular complexity index is 560. The number of ether oxygens (including phenoxy) is 1. The fourth-order valence-electron chi connectivity index (χ4n) is 1.64. The van der Waals surface area contributed by atoms with E-state index in [0.717, 1.165) is 6.92 Å². The molecule has 0 saturated carbocycles. The molecule has 1 N–H and O–H groups in total. The minimum Gasteiger partial charge on any atom is -0.457 e. The topological polar surface area (TPSA) is 29.5 Å². The number of rotatable bonds is 3. The molecule has 2 rings (SSSR count). The van der Waals surface area contributed by atoms with Crippen LogP contribution in [-0.2, 0) is 5.60 Å². The molecule has 0 aliphatic heterocycles. The van der Waals surface area contributed by atoms with Crippen LogP contribution in [0.1, 0.15) is 12.5 Å². The van der Waals surface area contributed by atoms with Crippen LogP contribution in [0.25, 0.3) is 0 Å². The first-order valence-electron chi connectivity index (χ1n) is 5.93. The van der Waals surface area contributed by atoms with Crippen LogP contribution in [0.4, 0.5) is 13.2 Å². The Kier molecular flexibility index (Phi) is 3.72. The molecule has 0 spiro atoms. The zero-order valence-electron chi connectivity index (χ0n) is 10.7. The molecule has 0 aromatic heterocycles. The lowest BCUT2D eigenvalue weighted by molar-refractivity contribution is -0.258. The average Bonchev–Trinajstić information content (AvgIpc) is 2.39. The van der Waals surface area contributed by atoms with Crippen molar-refractivity contribution in [1.82, 2.24) is 0 Å². The first-order valence-corrected chi connectivity index (χ1v) is 5.93. The van der Waals surface area contributed by atoms with Gasteiger partial charge in [0, 0.05) is 0 Å². The van der Waals surface area contributed by atoms with Crippen LogP contribution >= 0.6 is 0 Å². The van der Waals surface area contributed by atoms with E-state index in [1.165, 1.54) is 24.3 Å². The molecule has 0 amide bonds. The van der Waals surface area contributed by atoms with Gasteiger partial charge in [0.1, 0.15) is 11.5 Å². The average molecular weight is 282 g/mol. The van der Waals surface area contributed by atoms with Crippen molar-refractivity contribution in [1.29, 1.82) is 0 Å². The highest BCUT2D eigenvalue weighted by molar-refractivity contribution is 5.35. The Morgan fingerprint density at radius 3 is 1.85 bits per heavy atom. The predicted molar refractivity (Wildman–Crippen MR) is 68.6 cm³/mol. The van der Waals surface area contributed by atoms with Gasteiger partial charge in [-0.15, -0.1) is 0 Å². The van der Waals surface area contributed by atoms with Crippen molar-refractivity contribution in [3.63, 3.8) is 0 Å². The van der Waals surface area contributed by atoms with Crippen LogP contribution in [0.15, 0.2) is 54.6 Å². The minimum absolute atomic E-state index is 0.231. The molecule has 0 fully saturated rings. The fraction of sp³-hybridized carbons (Fsp3) is 0.200. The fourth-order valence-corrected chi connectivity index (χ4v) is 1.64. The molecule has 1 unspecified atom stereocenters. The molecule has 5 heteroatoms. The van der Waals surface area contributed by atoms with Crippen LogP contribution in [0, 0.1) is 0 Å². The molecule has 0 aliphatic rings. The summed E-state index contributed by atoms with van der Waals surface area (Å²) in [6, 6.07) is 14.1. The lowest BCUT2D eigenvalue weighted by Crippen LogP contribution is -2.39. The summed E-state index contributed by atoms with van der Waals surface area (Å²) in [6.45, 7) is 0.722. The van der Waals surface area contributed by atoms with Gasteiger partial charge in [-0.25, -0.2) is 0 Å². The second-order valence-electron chi connectivity index (χ2n) is 4.51. The van der Waals surface area contributed by atoms with E-state index in [-0.39, 0.29) is 5.56 Å². The lowest BCUT2D eigenvalue weighted by Gasteiger charge is -2.26. The van der Waals surface area contributed by atoms with Gasteiger partial charge in [0.05, 0.1) is 0 Å². The second kappa shape index (κ2) is 5.17. The maximum absolute atomic E-state index is 12.7. The van der Waals surface area contributed by atoms with Gasteiger partial charge in [0.2, 0.25) is 0 Å². The van der Waals surface area contributed by atoms with E-state index in [4.69, 9.17) is 4.74 Å². The molecule has 2 aromatic rings. The molecule has 20 heavy (non-hydrogen) atoms. The maximum Gasteiger partial charge on any atom is 0.421 e. The smallest absolute Gasteiger partial charge is 0.421 e. The number of para-hydroxylation sites is 1. The normalized spacial score (nSPS) is 14.7. The number of alkyl halides is 3. The van der Waals surface area contributed by atoms with Crippen molar-refractivity contribution in [3.05, 3.63) is 60.2 Å². The summed E-state index contributed by atoms with van der Waals surface area (Å²) in [4.78, 5) is 0. The zero-order valence-corrected chi connectivity index (χ0v) is 10.7. The number of halogens is 3. The summed E-state index contributed by atoms with van der Waals surface area (Å²) < 4.78 is 43.5. The van der Waals surface area contributed by atoms with Crippen molar-refractivity contribution in [3.8, 4) is 11.5 Å². The zero-order chi connectivity index (χ0) is 14.8. The van der Waals surface area contributed by atoms with E-state index in [1.807, 2.05) is 6.07 Å². The molecule has 0 heterocycles. The van der Waals surface area contributed by atoms with Crippen molar-refractivity contribution >= 4 is 0 Å². The third-order valence-electron chi connectivity index (χ3n) is 2.95. The Labute approximate surface area is 114 Å². The van der Waals surface area contributed by atoms with Crippen LogP contribution in [0.3, 0.4) is 0 Å². The third kappa shape index (κ3) is 2.93. The SMILES string of the molecule is CC(O)(c1ccc(Oc2ccccc2)cc1)C(F)(F)F. The molecular weight excluding hydrogens is 269 g/mol. The van der Waals surface area contributed by atoms with Crippen LogP contribution in [0.5, 0.6) is 11.5 Å². The van der Waals surface area contributed by atoms with Gasteiger partial charge in [-0.05, 0) is 36.8 Å². The molecule has 2 nitrogen and oxygen atoms in total. The first-order chi connectivity index (χ1) is 9.30. The van der Waals surface area contributed by atoms with Gasteiger partial charge in [0.25, 0.3) is 0 Å². The summed E-state index contributed by atoms with van der Waals surface area (Å²) in [6.07, 6.45) is -4.73. The number of hydrogen-bond donors (Lipinski definition) is 1. The number of aliphatic hydroxyl groups is 1. The standard InChI is InChI=1S/C15H13F3O2/c1-14(19,15(16,17)18)11-7-9-13(10-8-11)20-12-5-3-2-4-6-12/h2-10,19H,1H3. The predicted octanol–water partition coefficient (Wildman–Crippen LogP) is 4.25. The molecule has 0 aliphatic carbocycles. The quantitative estimate of drug-likeness (QED) is 0.912. The van der Waals surface area contributed by atoms with Crippen molar-refractivity contribution in [2.24, 2.45) is 0 Å². The van der Waals surface area contributed by atoms with Crippen LogP contribution in [-0.4, -0.2) is 11.3 Å². The summed E-state index contributed by atoms with van der Waals surface area (Å²) >= 11 is 0. The van der Waals surface area contributed by atoms with Gasteiger partial charge in [0.15, 0.2) is 5.60 Å². The van der Waals surface area contributed by atoms with Crippen LogP contribution < -0.4 is 4.74 Å². The van der Waals surface area contributed by atoms with Gasteiger partial charge in [-0.2, -0.15) is 13.2 Å². The number of hydrogen-bond acceptors (Lipinski definition) is 2. The van der Waals surface area contributed by atoms with E-state index in [9.17, 15) is 18.3 Å². The van der Waals surface area contributed by atoms with Gasteiger partial charge in [-0.3, -0.25) is 0 Å². The monoisotopic (exact) mass is 282 g/mol. The van der Waals surface area contributed by atoms with E-state index < -0.39 is 11.8 Å². The molecular formula is C15H13F3O2. The summed E-state index contributed by atoms with van der Waals surface area (Å²) in [5, 5.41) is 9.54. The largest absolute Gasteiger partial charge is 0.457 e. The minimum atomic E-state index is -4.73. The Hall–Kier alpha value is -2.01. The highest BCUT2D eigenvalue weighted by Gasteiger charge is 2.51. The Balaban J connectivity index is 2.19. The molecule has 0 bridgehead atoms. The first kappa shape index (κ1) is 14.4. The van der Waals surface area contributed by atoms with Crippen LogP contribution in [0.2, 0.25) is 0 Å². The van der Waals surface area contributed by atoms with Crippen molar-refractivity contribution in [2.45, 2.75) is 18.7 Å². The summed E-state index contributed by atoms with van der Waals surface area (Å²) in [7, 11) is 0. The molecule has 106 valence electrons. The van der Waals surface area contributed by atoms with Gasteiger partial charge < -0.3 is 9.84 Å². The van der Waals surface area contributed by atoms with Gasteiger partial charge >= 0.3 is 6.18 Å². The van der Waals surface area contributed by atoms with E-state index >= 15 is 0 Å². The highest BCUT2D eigenvalue weighted by atomic mass is 19.4. The molecule has 0 radical (unpaired) electrons. The molecule has 0 saturated heterocycles. The number of benzene rings is 2. The second-order valence-corrected chi connectivity index (χ2v) is 4.51. The third-order valence-corrected chi connectivity index (χ3v) is 2.95. The van der Waals surface area contributed by atoms with E-state index in [0.29, 0.717) is 11.5 Å². The summed E-state index contributed by atoms with van der Waals surface area (Å²) in [5.41, 5.74) is -3.11. The highest BCUT2D eigenvalue weighted by Crippen LogP contribution is 2.39. The summed E-state index contributed by atoms with van der Waals surface area (Å²) in [5.74, 6) is 0.987. The van der Waals surface area contributed by atoms with Crippen molar-refractivity contribution in [2.75, 3.05) is 0 Å². The van der Waals surface area contributed by atoms with Gasteiger partial charge in [-0.1, -0.05) is 30.3 Å². The molecule has 2 aromatic carbocycles. The lowest BCUT2D eigenvalue weighted by atomic mass is 9.95.